The van der Waals surface area contributed by atoms with E-state index in [-0.39, 0.29) is 17.1 Å². The molecule has 128 valence electrons. The van der Waals surface area contributed by atoms with Crippen molar-refractivity contribution in [3.05, 3.63) is 47.5 Å². The normalized spacial score (nSPS) is 11.5. The number of carbonyl (C=O) groups is 1. The highest BCUT2D eigenvalue weighted by Crippen LogP contribution is 2.47. The van der Waals surface area contributed by atoms with Gasteiger partial charge in [0.2, 0.25) is 11.5 Å². The SMILES string of the molecule is COc1cc(C(=O)C(O)c2ccccc2)c(OC)c(OC)c1OC. The first-order valence-corrected chi connectivity index (χ1v) is 7.23. The van der Waals surface area contributed by atoms with Gasteiger partial charge in [-0.25, -0.2) is 0 Å². The maximum atomic E-state index is 12.8. The third kappa shape index (κ3) is 3.14. The summed E-state index contributed by atoms with van der Waals surface area (Å²) in [6.45, 7) is 0. The fraction of sp³-hybridized carbons (Fsp3) is 0.278. The van der Waals surface area contributed by atoms with Crippen molar-refractivity contribution in [2.75, 3.05) is 28.4 Å². The van der Waals surface area contributed by atoms with Crippen LogP contribution in [0.15, 0.2) is 36.4 Å². The minimum Gasteiger partial charge on any atom is -0.493 e. The van der Waals surface area contributed by atoms with Gasteiger partial charge in [-0.2, -0.15) is 0 Å². The Labute approximate surface area is 140 Å². The minimum absolute atomic E-state index is 0.142. The fourth-order valence-corrected chi connectivity index (χ4v) is 2.45. The standard InChI is InChI=1S/C18H20O6/c1-21-13-10-12(16(22-2)18(24-4)17(13)23-3)15(20)14(19)11-8-6-5-7-9-11/h5-10,14,19H,1-4H3. The number of aliphatic hydroxyl groups excluding tert-OH is 1. The summed E-state index contributed by atoms with van der Waals surface area (Å²) in [5.41, 5.74) is 0.627. The zero-order chi connectivity index (χ0) is 17.7. The summed E-state index contributed by atoms with van der Waals surface area (Å²) in [4.78, 5) is 12.8. The molecular formula is C18H20O6. The van der Waals surface area contributed by atoms with Gasteiger partial charge < -0.3 is 24.1 Å². The molecule has 6 nitrogen and oxygen atoms in total. The Balaban J connectivity index is 2.58. The number of aliphatic hydroxyl groups is 1. The van der Waals surface area contributed by atoms with Gasteiger partial charge in [-0.15, -0.1) is 0 Å². The molecule has 1 N–H and O–H groups in total. The zero-order valence-corrected chi connectivity index (χ0v) is 14.0. The van der Waals surface area contributed by atoms with Gasteiger partial charge in [0.05, 0.1) is 34.0 Å². The molecule has 1 unspecified atom stereocenters. The highest BCUT2D eigenvalue weighted by Gasteiger charge is 2.29. The van der Waals surface area contributed by atoms with E-state index in [2.05, 4.69) is 0 Å². The number of benzene rings is 2. The van der Waals surface area contributed by atoms with E-state index in [1.54, 1.807) is 30.3 Å². The molecule has 24 heavy (non-hydrogen) atoms. The van der Waals surface area contributed by atoms with Crippen molar-refractivity contribution < 1.29 is 28.8 Å². The predicted molar refractivity (Wildman–Crippen MR) is 88.4 cm³/mol. The van der Waals surface area contributed by atoms with Crippen LogP contribution >= 0.6 is 0 Å². The van der Waals surface area contributed by atoms with Gasteiger partial charge in [0, 0.05) is 0 Å². The zero-order valence-electron chi connectivity index (χ0n) is 14.0. The van der Waals surface area contributed by atoms with Crippen molar-refractivity contribution in [2.45, 2.75) is 6.10 Å². The van der Waals surface area contributed by atoms with E-state index in [9.17, 15) is 9.90 Å². The molecule has 0 amide bonds. The molecule has 0 fully saturated rings. The van der Waals surface area contributed by atoms with Crippen molar-refractivity contribution in [2.24, 2.45) is 0 Å². The van der Waals surface area contributed by atoms with Crippen LogP contribution in [0.25, 0.3) is 0 Å². The Morgan fingerprint density at radius 1 is 0.875 bits per heavy atom. The summed E-state index contributed by atoms with van der Waals surface area (Å²) in [5, 5.41) is 10.4. The Morgan fingerprint density at radius 2 is 1.46 bits per heavy atom. The first-order chi connectivity index (χ1) is 11.6. The molecule has 1 atom stereocenters. The highest BCUT2D eigenvalue weighted by atomic mass is 16.5. The topological polar surface area (TPSA) is 74.2 Å². The molecule has 0 aliphatic carbocycles. The summed E-state index contributed by atoms with van der Waals surface area (Å²) in [6.07, 6.45) is -1.33. The van der Waals surface area contributed by atoms with Crippen LogP contribution in [0.3, 0.4) is 0 Å². The number of carbonyl (C=O) groups excluding carboxylic acids is 1. The molecular weight excluding hydrogens is 312 g/mol. The largest absolute Gasteiger partial charge is 0.493 e. The molecule has 0 heterocycles. The van der Waals surface area contributed by atoms with Gasteiger partial charge >= 0.3 is 0 Å². The van der Waals surface area contributed by atoms with Crippen LogP contribution in [-0.2, 0) is 0 Å². The Bertz CT molecular complexity index is 711. The lowest BCUT2D eigenvalue weighted by Gasteiger charge is -2.19. The van der Waals surface area contributed by atoms with Crippen molar-refractivity contribution in [3.8, 4) is 23.0 Å². The molecule has 2 rings (SSSR count). The lowest BCUT2D eigenvalue weighted by Crippen LogP contribution is -2.14. The average Bonchev–Trinajstić information content (AvgIpc) is 2.65. The van der Waals surface area contributed by atoms with Crippen LogP contribution in [0, 0.1) is 0 Å². The fourth-order valence-electron chi connectivity index (χ4n) is 2.45. The highest BCUT2D eigenvalue weighted by molar-refractivity contribution is 6.03. The number of methoxy groups -OCH3 is 4. The summed E-state index contributed by atoms with van der Waals surface area (Å²) in [7, 11) is 5.75. The summed E-state index contributed by atoms with van der Waals surface area (Å²) in [6, 6.07) is 10.1. The van der Waals surface area contributed by atoms with E-state index in [0.29, 0.717) is 17.1 Å². The van der Waals surface area contributed by atoms with Gasteiger partial charge in [0.1, 0.15) is 6.10 Å². The molecule has 6 heteroatoms. The summed E-state index contributed by atoms with van der Waals surface area (Å²) < 4.78 is 21.2. The third-order valence-corrected chi connectivity index (χ3v) is 3.62. The molecule has 0 radical (unpaired) electrons. The minimum atomic E-state index is -1.33. The van der Waals surface area contributed by atoms with Crippen LogP contribution < -0.4 is 18.9 Å². The number of ketones is 1. The van der Waals surface area contributed by atoms with Crippen LogP contribution in [0.4, 0.5) is 0 Å². The van der Waals surface area contributed by atoms with Gasteiger partial charge in [-0.3, -0.25) is 4.79 Å². The first kappa shape index (κ1) is 17.6. The first-order valence-electron chi connectivity index (χ1n) is 7.23. The molecule has 2 aromatic rings. The summed E-state index contributed by atoms with van der Waals surface area (Å²) in [5.74, 6) is 0.483. The molecule has 0 saturated carbocycles. The van der Waals surface area contributed by atoms with Crippen molar-refractivity contribution >= 4 is 5.78 Å². The lowest BCUT2D eigenvalue weighted by molar-refractivity contribution is 0.0743. The summed E-state index contributed by atoms with van der Waals surface area (Å²) >= 11 is 0. The van der Waals surface area contributed by atoms with Crippen molar-refractivity contribution in [3.63, 3.8) is 0 Å². The van der Waals surface area contributed by atoms with Crippen LogP contribution in [0.2, 0.25) is 0 Å². The van der Waals surface area contributed by atoms with Crippen LogP contribution in [0.1, 0.15) is 22.0 Å². The average molecular weight is 332 g/mol. The van der Waals surface area contributed by atoms with Crippen LogP contribution in [-0.4, -0.2) is 39.3 Å². The monoisotopic (exact) mass is 332 g/mol. The Hall–Kier alpha value is -2.73. The maximum Gasteiger partial charge on any atom is 0.208 e. The molecule has 0 spiro atoms. The van der Waals surface area contributed by atoms with E-state index >= 15 is 0 Å². The number of rotatable bonds is 7. The van der Waals surface area contributed by atoms with Crippen molar-refractivity contribution in [1.82, 2.24) is 0 Å². The number of hydrogen-bond donors (Lipinski definition) is 1. The van der Waals surface area contributed by atoms with Gasteiger partial charge in [0.15, 0.2) is 17.3 Å². The second-order valence-electron chi connectivity index (χ2n) is 4.90. The lowest BCUT2D eigenvalue weighted by atomic mass is 9.98. The van der Waals surface area contributed by atoms with E-state index in [4.69, 9.17) is 18.9 Å². The number of ether oxygens (including phenoxy) is 4. The second kappa shape index (κ2) is 7.70. The quantitative estimate of drug-likeness (QED) is 0.786. The van der Waals surface area contributed by atoms with Gasteiger partial charge in [0.25, 0.3) is 0 Å². The predicted octanol–water partition coefficient (Wildman–Crippen LogP) is 2.64. The number of Topliss-reactive ketones (excluding diaryl/α,β-unsaturated/α-hetero) is 1. The molecule has 2 aromatic carbocycles. The van der Waals surface area contributed by atoms with Gasteiger partial charge in [-0.1, -0.05) is 30.3 Å². The molecule has 0 bridgehead atoms. The molecule has 0 aromatic heterocycles. The maximum absolute atomic E-state index is 12.8. The second-order valence-corrected chi connectivity index (χ2v) is 4.90. The van der Waals surface area contributed by atoms with E-state index in [1.807, 2.05) is 0 Å². The smallest absolute Gasteiger partial charge is 0.208 e. The third-order valence-electron chi connectivity index (χ3n) is 3.62. The molecule has 0 aliphatic heterocycles. The Kier molecular flexibility index (Phi) is 5.65. The van der Waals surface area contributed by atoms with Crippen LogP contribution in [0.5, 0.6) is 23.0 Å². The Morgan fingerprint density at radius 3 is 1.96 bits per heavy atom. The van der Waals surface area contributed by atoms with E-state index in [0.717, 1.165) is 0 Å². The number of hydrogen-bond acceptors (Lipinski definition) is 6. The van der Waals surface area contributed by atoms with E-state index in [1.165, 1.54) is 34.5 Å². The van der Waals surface area contributed by atoms with Crippen molar-refractivity contribution in [1.29, 1.82) is 0 Å². The molecule has 0 saturated heterocycles. The molecule has 0 aliphatic rings. The van der Waals surface area contributed by atoms with Gasteiger partial charge in [-0.05, 0) is 11.6 Å². The van der Waals surface area contributed by atoms with E-state index < -0.39 is 11.9 Å².